The van der Waals surface area contributed by atoms with Crippen LogP contribution in [0.25, 0.3) is 0 Å². The number of hydroxylamine groups is 2. The van der Waals surface area contributed by atoms with Crippen molar-refractivity contribution in [2.24, 2.45) is 11.3 Å². The van der Waals surface area contributed by atoms with Crippen LogP contribution in [0.15, 0.2) is 30.3 Å². The fourth-order valence-electron chi connectivity index (χ4n) is 2.04. The van der Waals surface area contributed by atoms with Gasteiger partial charge in [-0.05, 0) is 11.0 Å². The number of hydrogen-bond acceptors (Lipinski definition) is 2. The lowest BCUT2D eigenvalue weighted by Gasteiger charge is -2.37. The summed E-state index contributed by atoms with van der Waals surface area (Å²) in [4.78, 5) is 12.0. The molecule has 1 aromatic carbocycles. The molecule has 0 radical (unpaired) electrons. The van der Waals surface area contributed by atoms with Gasteiger partial charge in [0.2, 0.25) is 5.91 Å². The zero-order chi connectivity index (χ0) is 13.9. The first-order chi connectivity index (χ1) is 8.25. The quantitative estimate of drug-likeness (QED) is 0.656. The summed E-state index contributed by atoms with van der Waals surface area (Å²) < 4.78 is 0. The second kappa shape index (κ2) is 5.53. The van der Waals surface area contributed by atoms with Gasteiger partial charge in [0, 0.05) is 5.92 Å². The van der Waals surface area contributed by atoms with Crippen molar-refractivity contribution in [1.82, 2.24) is 5.06 Å². The van der Waals surface area contributed by atoms with E-state index in [2.05, 4.69) is 0 Å². The second-order valence-corrected chi connectivity index (χ2v) is 6.02. The molecule has 0 fully saturated rings. The van der Waals surface area contributed by atoms with E-state index in [4.69, 9.17) is 0 Å². The highest BCUT2D eigenvalue weighted by Gasteiger charge is 2.34. The number of benzene rings is 1. The molecule has 0 aliphatic heterocycles. The van der Waals surface area contributed by atoms with Crippen LogP contribution in [0.1, 0.15) is 46.2 Å². The van der Waals surface area contributed by atoms with E-state index in [1.54, 1.807) is 13.8 Å². The van der Waals surface area contributed by atoms with Crippen LogP contribution in [-0.2, 0) is 4.79 Å². The van der Waals surface area contributed by atoms with Crippen LogP contribution in [0.5, 0.6) is 0 Å². The molecule has 1 unspecified atom stereocenters. The molecule has 1 aromatic rings. The van der Waals surface area contributed by atoms with Gasteiger partial charge in [-0.2, -0.15) is 0 Å². The molecule has 0 aliphatic rings. The third-order valence-electron chi connectivity index (χ3n) is 2.90. The maximum atomic E-state index is 12.0. The molecule has 0 spiro atoms. The molecule has 0 aromatic heterocycles. The molecule has 1 atom stereocenters. The SMILES string of the molecule is CC(C)C(=O)N(O)C(c1ccccc1)C(C)(C)C. The Labute approximate surface area is 109 Å². The van der Waals surface area contributed by atoms with Crippen molar-refractivity contribution < 1.29 is 10.0 Å². The topological polar surface area (TPSA) is 40.5 Å². The summed E-state index contributed by atoms with van der Waals surface area (Å²) >= 11 is 0. The fourth-order valence-corrected chi connectivity index (χ4v) is 2.04. The number of carbonyl (C=O) groups excluding carboxylic acids is 1. The predicted octanol–water partition coefficient (Wildman–Crippen LogP) is 3.65. The van der Waals surface area contributed by atoms with E-state index in [0.717, 1.165) is 10.6 Å². The Morgan fingerprint density at radius 2 is 1.67 bits per heavy atom. The number of hydrogen-bond donors (Lipinski definition) is 1. The van der Waals surface area contributed by atoms with Crippen LogP contribution in [0.3, 0.4) is 0 Å². The minimum absolute atomic E-state index is 0.219. The van der Waals surface area contributed by atoms with Crippen molar-refractivity contribution in [2.45, 2.75) is 40.7 Å². The highest BCUT2D eigenvalue weighted by molar-refractivity contribution is 5.77. The van der Waals surface area contributed by atoms with Crippen molar-refractivity contribution in [1.29, 1.82) is 0 Å². The minimum atomic E-state index is -0.339. The molecule has 3 heteroatoms. The largest absolute Gasteiger partial charge is 0.285 e. The van der Waals surface area contributed by atoms with Gasteiger partial charge >= 0.3 is 0 Å². The second-order valence-electron chi connectivity index (χ2n) is 6.02. The van der Waals surface area contributed by atoms with Crippen molar-refractivity contribution in [3.8, 4) is 0 Å². The third-order valence-corrected chi connectivity index (χ3v) is 2.90. The van der Waals surface area contributed by atoms with Crippen LogP contribution in [0.4, 0.5) is 0 Å². The normalized spacial score (nSPS) is 13.5. The van der Waals surface area contributed by atoms with Gasteiger partial charge in [-0.25, -0.2) is 5.06 Å². The standard InChI is InChI=1S/C15H23NO2/c1-11(2)14(17)16(18)13(15(3,4)5)12-9-7-6-8-10-12/h6-11,13,18H,1-5H3. The molecule has 3 nitrogen and oxygen atoms in total. The van der Waals surface area contributed by atoms with Gasteiger partial charge in [0.15, 0.2) is 0 Å². The summed E-state index contributed by atoms with van der Waals surface area (Å²) in [5.74, 6) is -0.470. The first-order valence-electron chi connectivity index (χ1n) is 6.32. The van der Waals surface area contributed by atoms with E-state index >= 15 is 0 Å². The van der Waals surface area contributed by atoms with Gasteiger partial charge < -0.3 is 0 Å². The molecule has 100 valence electrons. The maximum Gasteiger partial charge on any atom is 0.249 e. The molecule has 0 saturated carbocycles. The Kier molecular flexibility index (Phi) is 4.52. The van der Waals surface area contributed by atoms with Gasteiger partial charge in [-0.15, -0.1) is 0 Å². The van der Waals surface area contributed by atoms with E-state index in [1.165, 1.54) is 0 Å². The Balaban J connectivity index is 3.12. The molecular formula is C15H23NO2. The van der Waals surface area contributed by atoms with Crippen LogP contribution in [-0.4, -0.2) is 16.2 Å². The van der Waals surface area contributed by atoms with Gasteiger partial charge in [0.1, 0.15) is 0 Å². The van der Waals surface area contributed by atoms with Crippen molar-refractivity contribution in [3.05, 3.63) is 35.9 Å². The van der Waals surface area contributed by atoms with E-state index in [1.807, 2.05) is 51.1 Å². The Morgan fingerprint density at radius 1 is 1.17 bits per heavy atom. The zero-order valence-corrected chi connectivity index (χ0v) is 11.8. The summed E-state index contributed by atoms with van der Waals surface area (Å²) in [5, 5.41) is 11.1. The first kappa shape index (κ1) is 14.7. The minimum Gasteiger partial charge on any atom is -0.285 e. The predicted molar refractivity (Wildman–Crippen MR) is 72.1 cm³/mol. The molecule has 18 heavy (non-hydrogen) atoms. The molecule has 0 bridgehead atoms. The van der Waals surface area contributed by atoms with Gasteiger partial charge in [0.05, 0.1) is 6.04 Å². The van der Waals surface area contributed by atoms with Crippen LogP contribution in [0, 0.1) is 11.3 Å². The fraction of sp³-hybridized carbons (Fsp3) is 0.533. The van der Waals surface area contributed by atoms with Crippen molar-refractivity contribution in [3.63, 3.8) is 0 Å². The number of amides is 1. The lowest BCUT2D eigenvalue weighted by Crippen LogP contribution is -2.40. The highest BCUT2D eigenvalue weighted by atomic mass is 16.5. The Bertz CT molecular complexity index is 393. The number of rotatable bonds is 3. The molecule has 0 aliphatic carbocycles. The zero-order valence-electron chi connectivity index (χ0n) is 11.8. The van der Waals surface area contributed by atoms with Gasteiger partial charge in [-0.3, -0.25) is 10.0 Å². The number of carbonyl (C=O) groups is 1. The first-order valence-corrected chi connectivity index (χ1v) is 6.32. The van der Waals surface area contributed by atoms with Gasteiger partial charge in [0.25, 0.3) is 0 Å². The van der Waals surface area contributed by atoms with E-state index in [-0.39, 0.29) is 23.3 Å². The lowest BCUT2D eigenvalue weighted by atomic mass is 9.82. The summed E-state index contributed by atoms with van der Waals surface area (Å²) in [6.45, 7) is 9.62. The molecule has 1 amide bonds. The molecule has 1 N–H and O–H groups in total. The van der Waals surface area contributed by atoms with Crippen LogP contribution >= 0.6 is 0 Å². The Hall–Kier alpha value is -1.35. The lowest BCUT2D eigenvalue weighted by molar-refractivity contribution is -0.190. The summed E-state index contributed by atoms with van der Waals surface area (Å²) in [7, 11) is 0. The summed E-state index contributed by atoms with van der Waals surface area (Å²) in [5.41, 5.74) is 0.710. The maximum absolute atomic E-state index is 12.0. The smallest absolute Gasteiger partial charge is 0.249 e. The summed E-state index contributed by atoms with van der Waals surface area (Å²) in [6.07, 6.45) is 0. The third kappa shape index (κ3) is 3.33. The molecule has 1 rings (SSSR count). The monoisotopic (exact) mass is 249 g/mol. The van der Waals surface area contributed by atoms with Crippen LogP contribution in [0.2, 0.25) is 0 Å². The Morgan fingerprint density at radius 3 is 2.06 bits per heavy atom. The van der Waals surface area contributed by atoms with E-state index in [9.17, 15) is 10.0 Å². The molecule has 0 heterocycles. The highest BCUT2D eigenvalue weighted by Crippen LogP contribution is 2.37. The average molecular weight is 249 g/mol. The molecule has 0 saturated heterocycles. The average Bonchev–Trinajstić information content (AvgIpc) is 2.27. The van der Waals surface area contributed by atoms with E-state index in [0.29, 0.717) is 0 Å². The molecular weight excluding hydrogens is 226 g/mol. The summed E-state index contributed by atoms with van der Waals surface area (Å²) in [6, 6.07) is 9.30. The van der Waals surface area contributed by atoms with Crippen molar-refractivity contribution >= 4 is 5.91 Å². The van der Waals surface area contributed by atoms with Crippen molar-refractivity contribution in [2.75, 3.05) is 0 Å². The van der Waals surface area contributed by atoms with Gasteiger partial charge in [-0.1, -0.05) is 65.0 Å². The van der Waals surface area contributed by atoms with Crippen LogP contribution < -0.4 is 0 Å². The number of nitrogens with zero attached hydrogens (tertiary/aromatic N) is 1. The van der Waals surface area contributed by atoms with E-state index < -0.39 is 0 Å².